The van der Waals surface area contributed by atoms with E-state index in [2.05, 4.69) is 15.3 Å². The zero-order valence-electron chi connectivity index (χ0n) is 10.0. The Bertz CT molecular complexity index is 597. The number of nitrogens with one attached hydrogen (secondary N) is 1. The van der Waals surface area contributed by atoms with Crippen molar-refractivity contribution in [3.63, 3.8) is 0 Å². The number of carboxylic acids is 1. The van der Waals surface area contributed by atoms with Crippen molar-refractivity contribution in [3.8, 4) is 0 Å². The van der Waals surface area contributed by atoms with Gasteiger partial charge in [-0.15, -0.1) is 11.3 Å². The van der Waals surface area contributed by atoms with Gasteiger partial charge in [0.25, 0.3) is 5.91 Å². The molecule has 0 saturated heterocycles. The van der Waals surface area contributed by atoms with Crippen LogP contribution in [-0.4, -0.2) is 27.0 Å². The van der Waals surface area contributed by atoms with Crippen molar-refractivity contribution >= 4 is 23.2 Å². The molecule has 2 rings (SSSR count). The molecule has 19 heavy (non-hydrogen) atoms. The lowest BCUT2D eigenvalue weighted by Crippen LogP contribution is -2.25. The molecule has 0 aliphatic rings. The van der Waals surface area contributed by atoms with Crippen molar-refractivity contribution in [2.75, 3.05) is 0 Å². The molecule has 0 spiro atoms. The van der Waals surface area contributed by atoms with E-state index in [0.717, 1.165) is 16.9 Å². The highest BCUT2D eigenvalue weighted by Gasteiger charge is 2.16. The number of aromatic nitrogens is 2. The zero-order valence-corrected chi connectivity index (χ0v) is 10.8. The number of carbonyl (C=O) groups is 2. The number of hydrogen-bond acceptors (Lipinski definition) is 5. The monoisotopic (exact) mass is 277 g/mol. The molecule has 2 aromatic rings. The molecule has 0 fully saturated rings. The normalized spacial score (nSPS) is 11.8. The highest BCUT2D eigenvalue weighted by molar-refractivity contribution is 7.15. The van der Waals surface area contributed by atoms with Crippen LogP contribution in [-0.2, 0) is 0 Å². The van der Waals surface area contributed by atoms with E-state index in [9.17, 15) is 9.59 Å². The first kappa shape index (κ1) is 13.2. The van der Waals surface area contributed by atoms with Gasteiger partial charge in [0.05, 0.1) is 12.2 Å². The van der Waals surface area contributed by atoms with Gasteiger partial charge in [-0.2, -0.15) is 0 Å². The lowest BCUT2D eigenvalue weighted by Gasteiger charge is -2.12. The number of carbonyl (C=O) groups excluding carboxylic acids is 1. The molecule has 1 unspecified atom stereocenters. The first-order valence-corrected chi connectivity index (χ1v) is 6.29. The Balaban J connectivity index is 2.06. The van der Waals surface area contributed by atoms with Crippen LogP contribution in [0.1, 0.15) is 38.0 Å². The second-order valence-corrected chi connectivity index (χ2v) is 4.85. The predicted molar refractivity (Wildman–Crippen MR) is 69.2 cm³/mol. The van der Waals surface area contributed by atoms with E-state index in [1.807, 2.05) is 13.0 Å². The molecule has 0 aromatic carbocycles. The number of carboxylic acid groups (broad SMARTS) is 1. The van der Waals surface area contributed by atoms with Gasteiger partial charge in [0.15, 0.2) is 0 Å². The Labute approximate surface area is 113 Å². The highest BCUT2D eigenvalue weighted by atomic mass is 32.1. The zero-order chi connectivity index (χ0) is 13.8. The SMILES string of the molecule is CC(NC(=O)c1cnc(C(=O)O)s1)c1cccnc1. The molecule has 0 radical (unpaired) electrons. The van der Waals surface area contributed by atoms with Gasteiger partial charge in [0, 0.05) is 12.4 Å². The van der Waals surface area contributed by atoms with E-state index in [1.165, 1.54) is 6.20 Å². The number of amides is 1. The van der Waals surface area contributed by atoms with E-state index >= 15 is 0 Å². The predicted octanol–water partition coefficient (Wildman–Crippen LogP) is 1.73. The van der Waals surface area contributed by atoms with Crippen molar-refractivity contribution in [1.29, 1.82) is 0 Å². The van der Waals surface area contributed by atoms with E-state index in [0.29, 0.717) is 0 Å². The van der Waals surface area contributed by atoms with E-state index < -0.39 is 5.97 Å². The van der Waals surface area contributed by atoms with Crippen LogP contribution >= 0.6 is 11.3 Å². The number of thiazole rings is 1. The molecule has 0 aliphatic carbocycles. The molecule has 0 bridgehead atoms. The standard InChI is InChI=1S/C12H11N3O3S/c1-7(8-3-2-4-13-5-8)15-10(16)9-6-14-11(19-9)12(17)18/h2-7H,1H3,(H,15,16)(H,17,18). The summed E-state index contributed by atoms with van der Waals surface area (Å²) in [5.74, 6) is -1.48. The molecule has 2 N–H and O–H groups in total. The quantitative estimate of drug-likeness (QED) is 0.887. The minimum Gasteiger partial charge on any atom is -0.476 e. The van der Waals surface area contributed by atoms with Crippen molar-refractivity contribution in [1.82, 2.24) is 15.3 Å². The van der Waals surface area contributed by atoms with Crippen LogP contribution in [0.4, 0.5) is 0 Å². The number of rotatable bonds is 4. The van der Waals surface area contributed by atoms with Gasteiger partial charge in [-0.1, -0.05) is 6.07 Å². The fraction of sp³-hybridized carbons (Fsp3) is 0.167. The Morgan fingerprint density at radius 1 is 1.42 bits per heavy atom. The molecule has 1 amide bonds. The topological polar surface area (TPSA) is 92.2 Å². The Kier molecular flexibility index (Phi) is 3.86. The first-order valence-electron chi connectivity index (χ1n) is 5.48. The molecule has 1 atom stereocenters. The summed E-state index contributed by atoms with van der Waals surface area (Å²) in [7, 11) is 0. The van der Waals surface area contributed by atoms with Crippen LogP contribution in [0, 0.1) is 0 Å². The van der Waals surface area contributed by atoms with Gasteiger partial charge in [0.2, 0.25) is 5.01 Å². The lowest BCUT2D eigenvalue weighted by atomic mass is 10.1. The smallest absolute Gasteiger partial charge is 0.365 e. The summed E-state index contributed by atoms with van der Waals surface area (Å²) in [6.45, 7) is 1.83. The molecule has 2 aromatic heterocycles. The van der Waals surface area contributed by atoms with Gasteiger partial charge >= 0.3 is 5.97 Å². The van der Waals surface area contributed by atoms with Gasteiger partial charge < -0.3 is 10.4 Å². The Morgan fingerprint density at radius 2 is 2.21 bits per heavy atom. The molecule has 7 heteroatoms. The fourth-order valence-electron chi connectivity index (χ4n) is 1.46. The summed E-state index contributed by atoms with van der Waals surface area (Å²) in [6, 6.07) is 3.43. The van der Waals surface area contributed by atoms with Gasteiger partial charge in [-0.05, 0) is 18.6 Å². The largest absolute Gasteiger partial charge is 0.476 e. The van der Waals surface area contributed by atoms with E-state index in [-0.39, 0.29) is 21.8 Å². The second-order valence-electron chi connectivity index (χ2n) is 3.82. The van der Waals surface area contributed by atoms with E-state index in [4.69, 9.17) is 5.11 Å². The summed E-state index contributed by atoms with van der Waals surface area (Å²) in [5.41, 5.74) is 0.874. The fourth-order valence-corrected chi connectivity index (χ4v) is 2.12. The third-order valence-corrected chi connectivity index (χ3v) is 3.43. The number of aromatic carboxylic acids is 1. The van der Waals surface area contributed by atoms with Crippen LogP contribution in [0.25, 0.3) is 0 Å². The summed E-state index contributed by atoms with van der Waals surface area (Å²) in [5, 5.41) is 11.4. The maximum atomic E-state index is 11.9. The van der Waals surface area contributed by atoms with Crippen molar-refractivity contribution in [3.05, 3.63) is 46.2 Å². The summed E-state index contributed by atoms with van der Waals surface area (Å²) in [6.07, 6.45) is 4.58. The van der Waals surface area contributed by atoms with Gasteiger partial charge in [0.1, 0.15) is 4.88 Å². The highest BCUT2D eigenvalue weighted by Crippen LogP contribution is 2.15. The molecule has 98 valence electrons. The van der Waals surface area contributed by atoms with Crippen LogP contribution in [0.3, 0.4) is 0 Å². The minimum atomic E-state index is -1.13. The van der Waals surface area contributed by atoms with E-state index in [1.54, 1.807) is 18.5 Å². The lowest BCUT2D eigenvalue weighted by molar-refractivity contribution is 0.0696. The van der Waals surface area contributed by atoms with Crippen LogP contribution in [0.2, 0.25) is 0 Å². The van der Waals surface area contributed by atoms with Crippen LogP contribution in [0.5, 0.6) is 0 Å². The van der Waals surface area contributed by atoms with Gasteiger partial charge in [-0.25, -0.2) is 9.78 Å². The molecule has 6 nitrogen and oxygen atoms in total. The summed E-state index contributed by atoms with van der Waals surface area (Å²) >= 11 is 0.848. The van der Waals surface area contributed by atoms with Gasteiger partial charge in [-0.3, -0.25) is 9.78 Å². The molecular formula is C12H11N3O3S. The third kappa shape index (κ3) is 3.14. The van der Waals surface area contributed by atoms with Crippen molar-refractivity contribution in [2.45, 2.75) is 13.0 Å². The molecule has 0 aliphatic heterocycles. The average molecular weight is 277 g/mol. The Morgan fingerprint density at radius 3 is 2.79 bits per heavy atom. The van der Waals surface area contributed by atoms with Crippen LogP contribution < -0.4 is 5.32 Å². The number of nitrogens with zero attached hydrogens (tertiary/aromatic N) is 2. The third-order valence-electron chi connectivity index (χ3n) is 2.44. The molecular weight excluding hydrogens is 266 g/mol. The minimum absolute atomic E-state index is 0.0980. The molecule has 2 heterocycles. The second kappa shape index (κ2) is 5.57. The summed E-state index contributed by atoms with van der Waals surface area (Å²) < 4.78 is 0. The van der Waals surface area contributed by atoms with Crippen molar-refractivity contribution in [2.24, 2.45) is 0 Å². The first-order chi connectivity index (χ1) is 9.08. The maximum absolute atomic E-state index is 11.9. The summed E-state index contributed by atoms with van der Waals surface area (Å²) in [4.78, 5) is 30.5. The van der Waals surface area contributed by atoms with Crippen molar-refractivity contribution < 1.29 is 14.7 Å². The van der Waals surface area contributed by atoms with Crippen LogP contribution in [0.15, 0.2) is 30.7 Å². The number of hydrogen-bond donors (Lipinski definition) is 2. The Hall–Kier alpha value is -2.28. The molecule has 0 saturated carbocycles. The number of pyridine rings is 1. The average Bonchev–Trinajstić information content (AvgIpc) is 2.89. The maximum Gasteiger partial charge on any atom is 0.365 e.